The summed E-state index contributed by atoms with van der Waals surface area (Å²) < 4.78 is 14.4. The van der Waals surface area contributed by atoms with E-state index in [4.69, 9.17) is 21.0 Å². The topological polar surface area (TPSA) is 95.2 Å². The lowest BCUT2D eigenvalue weighted by Gasteiger charge is -2.02. The van der Waals surface area contributed by atoms with Gasteiger partial charge in [0.05, 0.1) is 30.2 Å². The summed E-state index contributed by atoms with van der Waals surface area (Å²) in [6.45, 7) is 0. The minimum Gasteiger partial charge on any atom is -0.207 e. The molecular weight excluding hydrogens is 311 g/mol. The Labute approximate surface area is 117 Å². The van der Waals surface area contributed by atoms with E-state index in [9.17, 15) is 4.39 Å². The third-order valence-corrected chi connectivity index (χ3v) is 3.88. The van der Waals surface area contributed by atoms with Gasteiger partial charge < -0.3 is 0 Å². The van der Waals surface area contributed by atoms with Gasteiger partial charge in [-0.05, 0) is 17.7 Å². The SMILES string of the molecule is N#CC1(C#N)C(c2ccc(Br)cc2F)C1(C#N)C#N. The summed E-state index contributed by atoms with van der Waals surface area (Å²) in [5.41, 5.74) is -3.59. The molecule has 1 saturated carbocycles. The molecule has 0 N–H and O–H groups in total. The van der Waals surface area contributed by atoms with Crippen molar-refractivity contribution >= 4 is 15.9 Å². The van der Waals surface area contributed by atoms with Crippen LogP contribution in [0.2, 0.25) is 0 Å². The molecule has 2 rings (SSSR count). The van der Waals surface area contributed by atoms with Crippen molar-refractivity contribution in [3.8, 4) is 24.3 Å². The molecule has 1 fully saturated rings. The first-order valence-corrected chi connectivity index (χ1v) is 5.92. The molecule has 0 aliphatic heterocycles. The molecule has 0 atom stereocenters. The molecule has 0 heterocycles. The van der Waals surface area contributed by atoms with Crippen LogP contribution in [-0.4, -0.2) is 0 Å². The average molecular weight is 315 g/mol. The normalized spacial score (nSPS) is 18.4. The summed E-state index contributed by atoms with van der Waals surface area (Å²) in [5, 5.41) is 36.5. The minimum atomic E-state index is -1.81. The first kappa shape index (κ1) is 13.0. The third kappa shape index (κ3) is 1.39. The van der Waals surface area contributed by atoms with Gasteiger partial charge in [0, 0.05) is 4.47 Å². The van der Waals surface area contributed by atoms with Gasteiger partial charge in [-0.1, -0.05) is 22.0 Å². The van der Waals surface area contributed by atoms with Crippen LogP contribution in [0, 0.1) is 62.0 Å². The molecule has 1 aliphatic rings. The fraction of sp³-hybridized carbons (Fsp3) is 0.231. The molecular formula is C13H4BrFN4. The molecule has 1 aliphatic carbocycles. The second-order valence-corrected chi connectivity index (χ2v) is 5.08. The number of halogens is 2. The molecule has 0 unspecified atom stereocenters. The second kappa shape index (κ2) is 4.06. The maximum absolute atomic E-state index is 13.9. The largest absolute Gasteiger partial charge is 0.207 e. The molecule has 0 amide bonds. The Morgan fingerprint density at radius 3 is 1.84 bits per heavy atom. The fourth-order valence-electron chi connectivity index (χ4n) is 2.34. The Morgan fingerprint density at radius 2 is 1.47 bits per heavy atom. The average Bonchev–Trinajstić information content (AvgIpc) is 3.01. The highest BCUT2D eigenvalue weighted by Gasteiger charge is 2.82. The Bertz CT molecular complexity index is 663. The van der Waals surface area contributed by atoms with Crippen LogP contribution in [-0.2, 0) is 0 Å². The summed E-state index contributed by atoms with van der Waals surface area (Å²) in [6.07, 6.45) is 0. The number of benzene rings is 1. The maximum Gasteiger partial charge on any atom is 0.185 e. The lowest BCUT2D eigenvalue weighted by molar-refractivity contribution is 0.603. The van der Waals surface area contributed by atoms with Crippen molar-refractivity contribution in [3.05, 3.63) is 34.1 Å². The lowest BCUT2D eigenvalue weighted by atomic mass is 9.98. The van der Waals surface area contributed by atoms with Gasteiger partial charge in [-0.3, -0.25) is 0 Å². The Balaban J connectivity index is 2.66. The van der Waals surface area contributed by atoms with Crippen molar-refractivity contribution in [2.45, 2.75) is 5.92 Å². The van der Waals surface area contributed by atoms with Crippen molar-refractivity contribution in [2.75, 3.05) is 0 Å². The van der Waals surface area contributed by atoms with Crippen molar-refractivity contribution in [1.29, 1.82) is 21.0 Å². The van der Waals surface area contributed by atoms with E-state index < -0.39 is 22.6 Å². The molecule has 90 valence electrons. The Morgan fingerprint density at radius 1 is 1.00 bits per heavy atom. The third-order valence-electron chi connectivity index (χ3n) is 3.38. The summed E-state index contributed by atoms with van der Waals surface area (Å²) >= 11 is 3.09. The predicted molar refractivity (Wildman–Crippen MR) is 64.2 cm³/mol. The number of hydrogen-bond acceptors (Lipinski definition) is 4. The van der Waals surface area contributed by atoms with E-state index in [1.165, 1.54) is 18.2 Å². The van der Waals surface area contributed by atoms with Crippen LogP contribution < -0.4 is 0 Å². The molecule has 0 radical (unpaired) electrons. The highest BCUT2D eigenvalue weighted by atomic mass is 79.9. The zero-order valence-corrected chi connectivity index (χ0v) is 10.9. The van der Waals surface area contributed by atoms with Crippen LogP contribution in [0.1, 0.15) is 11.5 Å². The molecule has 1 aromatic carbocycles. The first-order valence-electron chi connectivity index (χ1n) is 5.13. The van der Waals surface area contributed by atoms with E-state index in [0.717, 1.165) is 0 Å². The van der Waals surface area contributed by atoms with Crippen LogP contribution in [0.25, 0.3) is 0 Å². The van der Waals surface area contributed by atoms with E-state index >= 15 is 0 Å². The fourth-order valence-corrected chi connectivity index (χ4v) is 2.67. The Kier molecular flexibility index (Phi) is 2.78. The molecule has 19 heavy (non-hydrogen) atoms. The predicted octanol–water partition coefficient (Wildman–Crippen LogP) is 2.75. The number of nitrogens with zero attached hydrogens (tertiary/aromatic N) is 4. The van der Waals surface area contributed by atoms with Crippen LogP contribution in [0.4, 0.5) is 4.39 Å². The van der Waals surface area contributed by atoms with Gasteiger partial charge >= 0.3 is 0 Å². The maximum atomic E-state index is 13.9. The highest BCUT2D eigenvalue weighted by molar-refractivity contribution is 9.10. The molecule has 0 bridgehead atoms. The van der Waals surface area contributed by atoms with E-state index in [1.54, 1.807) is 24.3 Å². The van der Waals surface area contributed by atoms with Crippen molar-refractivity contribution in [3.63, 3.8) is 0 Å². The van der Waals surface area contributed by atoms with Gasteiger partial charge in [-0.25, -0.2) is 4.39 Å². The molecule has 0 saturated heterocycles. The quantitative estimate of drug-likeness (QED) is 0.796. The van der Waals surface area contributed by atoms with Gasteiger partial charge in [0.15, 0.2) is 10.8 Å². The van der Waals surface area contributed by atoms with E-state index in [-0.39, 0.29) is 5.56 Å². The number of rotatable bonds is 1. The molecule has 0 spiro atoms. The molecule has 0 aromatic heterocycles. The van der Waals surface area contributed by atoms with Gasteiger partial charge in [0.25, 0.3) is 0 Å². The van der Waals surface area contributed by atoms with Crippen molar-refractivity contribution < 1.29 is 4.39 Å². The first-order chi connectivity index (χ1) is 9.02. The number of nitriles is 4. The van der Waals surface area contributed by atoms with Gasteiger partial charge in [0.1, 0.15) is 5.82 Å². The van der Waals surface area contributed by atoms with E-state index in [2.05, 4.69) is 15.9 Å². The van der Waals surface area contributed by atoms with Crippen molar-refractivity contribution in [2.24, 2.45) is 10.8 Å². The highest BCUT2D eigenvalue weighted by Crippen LogP contribution is 2.73. The van der Waals surface area contributed by atoms with Gasteiger partial charge in [0.2, 0.25) is 0 Å². The smallest absolute Gasteiger partial charge is 0.185 e. The van der Waals surface area contributed by atoms with Gasteiger partial charge in [-0.15, -0.1) is 0 Å². The molecule has 4 nitrogen and oxygen atoms in total. The summed E-state index contributed by atoms with van der Waals surface area (Å²) in [5.74, 6) is -1.71. The lowest BCUT2D eigenvalue weighted by Crippen LogP contribution is -2.05. The molecule has 6 heteroatoms. The van der Waals surface area contributed by atoms with E-state index in [0.29, 0.717) is 4.47 Å². The standard InChI is InChI=1S/C13H4BrFN4/c14-8-1-2-9(10(15)3-8)11-12(4-16,5-17)13(11,6-18)7-19/h1-3,11H. The van der Waals surface area contributed by atoms with Crippen LogP contribution >= 0.6 is 15.9 Å². The molecule has 1 aromatic rings. The second-order valence-electron chi connectivity index (χ2n) is 4.16. The minimum absolute atomic E-state index is 0.0365. The monoisotopic (exact) mass is 314 g/mol. The van der Waals surface area contributed by atoms with Crippen LogP contribution in [0.15, 0.2) is 22.7 Å². The van der Waals surface area contributed by atoms with Crippen LogP contribution in [0.3, 0.4) is 0 Å². The summed E-state index contributed by atoms with van der Waals surface area (Å²) in [4.78, 5) is 0. The summed E-state index contributed by atoms with van der Waals surface area (Å²) in [7, 11) is 0. The van der Waals surface area contributed by atoms with E-state index in [1.807, 2.05) is 0 Å². The van der Waals surface area contributed by atoms with Crippen molar-refractivity contribution in [1.82, 2.24) is 0 Å². The zero-order valence-electron chi connectivity index (χ0n) is 9.35. The zero-order chi connectivity index (χ0) is 14.3. The number of hydrogen-bond donors (Lipinski definition) is 0. The Hall–Kier alpha value is -2.41. The van der Waals surface area contributed by atoms with Gasteiger partial charge in [-0.2, -0.15) is 21.0 Å². The van der Waals surface area contributed by atoms with Crippen LogP contribution in [0.5, 0.6) is 0 Å². The summed E-state index contributed by atoms with van der Waals surface area (Å²) in [6, 6.07) is 10.9.